The summed E-state index contributed by atoms with van der Waals surface area (Å²) in [4.78, 5) is 4.09. The highest BCUT2D eigenvalue weighted by molar-refractivity contribution is 9.10. The predicted octanol–water partition coefficient (Wildman–Crippen LogP) is 0.688. The number of hydrogen-bond acceptors (Lipinski definition) is 4. The summed E-state index contributed by atoms with van der Waals surface area (Å²) >= 11 is 3.59. The minimum absolute atomic E-state index is 0. The molecular weight excluding hydrogens is 380 g/mol. The quantitative estimate of drug-likeness (QED) is 0.745. The number of benzene rings is 1. The van der Waals surface area contributed by atoms with E-state index in [9.17, 15) is 0 Å². The maximum atomic E-state index is 5.91. The van der Waals surface area contributed by atoms with Crippen molar-refractivity contribution in [2.75, 3.05) is 7.11 Å². The zero-order valence-electron chi connectivity index (χ0n) is 12.9. The maximum absolute atomic E-state index is 5.91. The van der Waals surface area contributed by atoms with Crippen LogP contribution in [-0.4, -0.2) is 18.1 Å². The molecule has 1 fully saturated rings. The lowest BCUT2D eigenvalue weighted by Gasteiger charge is -2.14. The summed E-state index contributed by atoms with van der Waals surface area (Å²) in [6.45, 7) is 1.31. The Morgan fingerprint density at radius 1 is 1.30 bits per heavy atom. The topological polar surface area (TPSA) is 43.4 Å². The molecule has 0 spiro atoms. The van der Waals surface area contributed by atoms with Crippen LogP contribution in [-0.2, 0) is 13.2 Å². The number of ether oxygens (including phenoxy) is 2. The Kier molecular flexibility index (Phi) is 6.69. The monoisotopic (exact) mass is 397 g/mol. The van der Waals surface area contributed by atoms with E-state index in [4.69, 9.17) is 9.47 Å². The molecule has 0 saturated heterocycles. The number of aromatic nitrogens is 1. The second-order valence-electron chi connectivity index (χ2n) is 5.41. The zero-order chi connectivity index (χ0) is 15.4. The standard InChI is InChI=1S/C17H19BrN2O2.ClH/c1-21-16-8-13(10-20-14-4-5-14)7-15(18)17(16)22-11-12-3-2-6-19-9-12;/h2-3,6-9,14,20H,4-5,10-11H2,1H3;1H/p-1. The highest BCUT2D eigenvalue weighted by Gasteiger charge is 2.20. The van der Waals surface area contributed by atoms with Crippen molar-refractivity contribution in [3.63, 3.8) is 0 Å². The van der Waals surface area contributed by atoms with Gasteiger partial charge in [-0.1, -0.05) is 6.07 Å². The predicted molar refractivity (Wildman–Crippen MR) is 89.1 cm³/mol. The van der Waals surface area contributed by atoms with Crippen LogP contribution in [0.15, 0.2) is 41.1 Å². The van der Waals surface area contributed by atoms with Gasteiger partial charge in [-0.2, -0.15) is 0 Å². The van der Waals surface area contributed by atoms with Gasteiger partial charge in [-0.05, 0) is 52.5 Å². The van der Waals surface area contributed by atoms with E-state index in [0.29, 0.717) is 12.6 Å². The van der Waals surface area contributed by atoms with Gasteiger partial charge in [0.2, 0.25) is 0 Å². The highest BCUT2D eigenvalue weighted by atomic mass is 79.9. The van der Waals surface area contributed by atoms with Crippen molar-refractivity contribution >= 4 is 15.9 Å². The van der Waals surface area contributed by atoms with Gasteiger partial charge in [0, 0.05) is 30.5 Å². The first kappa shape index (κ1) is 18.0. The number of rotatable bonds is 7. The van der Waals surface area contributed by atoms with E-state index in [2.05, 4.69) is 32.3 Å². The Hall–Kier alpha value is -1.30. The van der Waals surface area contributed by atoms with Crippen molar-refractivity contribution in [3.05, 3.63) is 52.3 Å². The summed E-state index contributed by atoms with van der Waals surface area (Å²) < 4.78 is 12.3. The van der Waals surface area contributed by atoms with Crippen molar-refractivity contribution in [2.45, 2.75) is 32.0 Å². The lowest BCUT2D eigenvalue weighted by Crippen LogP contribution is -3.00. The van der Waals surface area contributed by atoms with Gasteiger partial charge in [-0.25, -0.2) is 0 Å². The van der Waals surface area contributed by atoms with Crippen LogP contribution in [0.4, 0.5) is 0 Å². The molecule has 0 aliphatic heterocycles. The van der Waals surface area contributed by atoms with Crippen LogP contribution >= 0.6 is 15.9 Å². The summed E-state index contributed by atoms with van der Waals surface area (Å²) in [6.07, 6.45) is 6.12. The molecule has 23 heavy (non-hydrogen) atoms. The first-order valence-electron chi connectivity index (χ1n) is 7.38. The molecule has 3 rings (SSSR count). The highest BCUT2D eigenvalue weighted by Crippen LogP contribution is 2.37. The minimum Gasteiger partial charge on any atom is -1.00 e. The molecule has 0 unspecified atom stereocenters. The first-order chi connectivity index (χ1) is 10.8. The summed E-state index contributed by atoms with van der Waals surface area (Å²) in [5.41, 5.74) is 2.21. The Balaban J connectivity index is 0.00000192. The van der Waals surface area contributed by atoms with E-state index < -0.39 is 0 Å². The van der Waals surface area contributed by atoms with Crippen LogP contribution in [0.3, 0.4) is 0 Å². The van der Waals surface area contributed by atoms with Crippen LogP contribution < -0.4 is 27.2 Å². The average molecular weight is 399 g/mol. The van der Waals surface area contributed by atoms with E-state index in [1.54, 1.807) is 19.5 Å². The molecule has 1 heterocycles. The number of halogens is 2. The molecule has 0 atom stereocenters. The van der Waals surface area contributed by atoms with Gasteiger partial charge in [-0.15, -0.1) is 0 Å². The molecular formula is C17H19BrClN2O2-. The third kappa shape index (κ3) is 5.09. The van der Waals surface area contributed by atoms with Gasteiger partial charge in [0.05, 0.1) is 11.6 Å². The molecule has 6 heteroatoms. The molecule has 124 valence electrons. The molecule has 1 saturated carbocycles. The van der Waals surface area contributed by atoms with E-state index in [1.807, 2.05) is 18.2 Å². The van der Waals surface area contributed by atoms with Gasteiger partial charge < -0.3 is 27.2 Å². The van der Waals surface area contributed by atoms with Gasteiger partial charge in [0.1, 0.15) is 6.61 Å². The molecule has 0 amide bonds. The van der Waals surface area contributed by atoms with Crippen molar-refractivity contribution in [2.24, 2.45) is 0 Å². The number of methoxy groups -OCH3 is 1. The fraction of sp³-hybridized carbons (Fsp3) is 0.353. The van der Waals surface area contributed by atoms with Crippen LogP contribution in [0.25, 0.3) is 0 Å². The van der Waals surface area contributed by atoms with E-state index in [0.717, 1.165) is 28.1 Å². The summed E-state index contributed by atoms with van der Waals surface area (Å²) in [6, 6.07) is 8.68. The molecule has 0 radical (unpaired) electrons. The fourth-order valence-electron chi connectivity index (χ4n) is 2.20. The maximum Gasteiger partial charge on any atom is 0.175 e. The van der Waals surface area contributed by atoms with Crippen molar-refractivity contribution < 1.29 is 21.9 Å². The first-order valence-corrected chi connectivity index (χ1v) is 8.17. The SMILES string of the molecule is COc1cc(CNC2CC2)cc(Br)c1OCc1cccnc1.[Cl-]. The van der Waals surface area contributed by atoms with Gasteiger partial charge >= 0.3 is 0 Å². The van der Waals surface area contributed by atoms with Gasteiger partial charge in [-0.3, -0.25) is 4.98 Å². The molecule has 0 bridgehead atoms. The fourth-order valence-corrected chi connectivity index (χ4v) is 2.81. The summed E-state index contributed by atoms with van der Waals surface area (Å²) in [5, 5.41) is 3.50. The molecule has 2 aromatic rings. The van der Waals surface area contributed by atoms with E-state index >= 15 is 0 Å². The van der Waals surface area contributed by atoms with Crippen LogP contribution in [0.5, 0.6) is 11.5 Å². The number of nitrogens with zero attached hydrogens (tertiary/aromatic N) is 1. The normalized spacial score (nSPS) is 13.3. The Bertz CT molecular complexity index is 636. The Labute approximate surface area is 151 Å². The summed E-state index contributed by atoms with van der Waals surface area (Å²) in [5.74, 6) is 1.47. The van der Waals surface area contributed by atoms with Crippen molar-refractivity contribution in [3.8, 4) is 11.5 Å². The number of nitrogens with one attached hydrogen (secondary N) is 1. The lowest BCUT2D eigenvalue weighted by molar-refractivity contribution is -0.00000502. The Morgan fingerprint density at radius 2 is 2.13 bits per heavy atom. The Morgan fingerprint density at radius 3 is 2.78 bits per heavy atom. The van der Waals surface area contributed by atoms with E-state index in [-0.39, 0.29) is 12.4 Å². The second kappa shape index (κ2) is 8.52. The van der Waals surface area contributed by atoms with Gasteiger partial charge in [0.25, 0.3) is 0 Å². The molecule has 1 aliphatic rings. The van der Waals surface area contributed by atoms with Crippen LogP contribution in [0, 0.1) is 0 Å². The van der Waals surface area contributed by atoms with Crippen molar-refractivity contribution in [1.29, 1.82) is 0 Å². The van der Waals surface area contributed by atoms with Crippen LogP contribution in [0.1, 0.15) is 24.0 Å². The zero-order valence-corrected chi connectivity index (χ0v) is 15.2. The third-order valence-electron chi connectivity index (χ3n) is 3.57. The largest absolute Gasteiger partial charge is 1.00 e. The number of pyridine rings is 1. The molecule has 4 nitrogen and oxygen atoms in total. The second-order valence-corrected chi connectivity index (χ2v) is 6.27. The van der Waals surface area contributed by atoms with Crippen molar-refractivity contribution in [1.82, 2.24) is 10.3 Å². The molecule has 1 aliphatic carbocycles. The molecule has 1 N–H and O–H groups in total. The van der Waals surface area contributed by atoms with E-state index in [1.165, 1.54) is 18.4 Å². The lowest BCUT2D eigenvalue weighted by atomic mass is 10.2. The summed E-state index contributed by atoms with van der Waals surface area (Å²) in [7, 11) is 1.66. The minimum atomic E-state index is 0. The average Bonchev–Trinajstić information content (AvgIpc) is 3.36. The molecule has 1 aromatic carbocycles. The van der Waals surface area contributed by atoms with Gasteiger partial charge in [0.15, 0.2) is 11.5 Å². The van der Waals surface area contributed by atoms with Crippen LogP contribution in [0.2, 0.25) is 0 Å². The number of hydrogen-bond donors (Lipinski definition) is 1. The smallest absolute Gasteiger partial charge is 0.175 e. The molecule has 1 aromatic heterocycles. The third-order valence-corrected chi connectivity index (χ3v) is 4.16.